The molecule has 3 atom stereocenters. The molecule has 0 radical (unpaired) electrons. The summed E-state index contributed by atoms with van der Waals surface area (Å²) in [6.45, 7) is -0.0611. The minimum absolute atomic E-state index is 0.0611. The molecule has 2 aromatic carbocycles. The molecule has 8 heteroatoms. The molecule has 30 heavy (non-hydrogen) atoms. The van der Waals surface area contributed by atoms with Crippen molar-refractivity contribution in [2.75, 3.05) is 0 Å². The molecule has 0 bridgehead atoms. The molecule has 1 heterocycles. The number of aliphatic hydroxyl groups is 1. The topological polar surface area (TPSA) is 107 Å². The van der Waals surface area contributed by atoms with Crippen molar-refractivity contribution in [1.82, 2.24) is 10.2 Å². The zero-order chi connectivity index (χ0) is 21.7. The van der Waals surface area contributed by atoms with Crippen LogP contribution in [0.3, 0.4) is 0 Å². The standard InChI is InChI=1S/C22H23FN2O5/c23-16-9-5-4-8-15(16)13-25-18(10-11-19(25)26)21(28)24-17(20(27)22(29)30)12-14-6-2-1-3-7-14/h1-9,17-18,20,27H,10-13H2,(H,24,28)(H,29,30)/t17?,18-,20?/m1/s1. The van der Waals surface area contributed by atoms with Gasteiger partial charge >= 0.3 is 5.97 Å². The SMILES string of the molecule is O=C(O)C(O)C(Cc1ccccc1)NC(=O)[C@H]1CCC(=O)N1Cc1ccccc1F. The van der Waals surface area contributed by atoms with Crippen LogP contribution in [0, 0.1) is 5.82 Å². The normalized spacial score (nSPS) is 18.1. The Morgan fingerprint density at radius 3 is 2.47 bits per heavy atom. The molecule has 1 fully saturated rings. The van der Waals surface area contributed by atoms with Gasteiger partial charge in [0.05, 0.1) is 6.04 Å². The van der Waals surface area contributed by atoms with Gasteiger partial charge in [0.15, 0.2) is 6.10 Å². The fourth-order valence-electron chi connectivity index (χ4n) is 3.58. The van der Waals surface area contributed by atoms with Gasteiger partial charge in [0.2, 0.25) is 11.8 Å². The predicted octanol–water partition coefficient (Wildman–Crippen LogP) is 1.49. The molecular formula is C22H23FN2O5. The summed E-state index contributed by atoms with van der Waals surface area (Å²) in [4.78, 5) is 37.8. The Morgan fingerprint density at radius 1 is 1.13 bits per heavy atom. The average Bonchev–Trinajstić information content (AvgIpc) is 3.09. The summed E-state index contributed by atoms with van der Waals surface area (Å²) in [6.07, 6.45) is -1.34. The van der Waals surface area contributed by atoms with Gasteiger partial charge in [0.1, 0.15) is 11.9 Å². The average molecular weight is 414 g/mol. The Kier molecular flexibility index (Phi) is 6.79. The molecule has 1 aliphatic rings. The number of nitrogens with one attached hydrogen (secondary N) is 1. The van der Waals surface area contributed by atoms with Crippen molar-refractivity contribution in [2.24, 2.45) is 0 Å². The molecule has 3 rings (SSSR count). The number of carbonyl (C=O) groups is 3. The van der Waals surface area contributed by atoms with Gasteiger partial charge in [-0.25, -0.2) is 9.18 Å². The number of carbonyl (C=O) groups excluding carboxylic acids is 2. The van der Waals surface area contributed by atoms with Crippen LogP contribution in [0.15, 0.2) is 54.6 Å². The third-order valence-corrected chi connectivity index (χ3v) is 5.19. The zero-order valence-electron chi connectivity index (χ0n) is 16.2. The van der Waals surface area contributed by atoms with E-state index in [1.165, 1.54) is 17.0 Å². The second-order valence-electron chi connectivity index (χ2n) is 7.26. The minimum atomic E-state index is -1.81. The Hall–Kier alpha value is -3.26. The molecule has 2 unspecified atom stereocenters. The van der Waals surface area contributed by atoms with Gasteiger partial charge in [0.25, 0.3) is 0 Å². The molecule has 0 spiro atoms. The first kappa shape index (κ1) is 21.4. The number of carboxylic acids is 1. The Balaban J connectivity index is 1.75. The maximum atomic E-state index is 14.0. The van der Waals surface area contributed by atoms with Crippen LogP contribution in [0.5, 0.6) is 0 Å². The highest BCUT2D eigenvalue weighted by molar-refractivity contribution is 5.91. The molecule has 3 N–H and O–H groups in total. The highest BCUT2D eigenvalue weighted by Crippen LogP contribution is 2.23. The number of hydrogen-bond donors (Lipinski definition) is 3. The molecule has 2 aromatic rings. The lowest BCUT2D eigenvalue weighted by Crippen LogP contribution is -2.53. The van der Waals surface area contributed by atoms with Crippen LogP contribution in [-0.4, -0.2) is 51.1 Å². The molecule has 0 aliphatic carbocycles. The summed E-state index contributed by atoms with van der Waals surface area (Å²) < 4.78 is 14.0. The van der Waals surface area contributed by atoms with Crippen LogP contribution in [0.2, 0.25) is 0 Å². The van der Waals surface area contributed by atoms with E-state index in [0.717, 1.165) is 5.56 Å². The van der Waals surface area contributed by atoms with Crippen molar-refractivity contribution < 1.29 is 29.0 Å². The quantitative estimate of drug-likeness (QED) is 0.607. The van der Waals surface area contributed by atoms with Crippen molar-refractivity contribution in [3.8, 4) is 0 Å². The number of benzene rings is 2. The van der Waals surface area contributed by atoms with Crippen molar-refractivity contribution >= 4 is 17.8 Å². The predicted molar refractivity (Wildman–Crippen MR) is 106 cm³/mol. The number of rotatable bonds is 8. The third kappa shape index (κ3) is 5.01. The van der Waals surface area contributed by atoms with Crippen LogP contribution in [0.4, 0.5) is 4.39 Å². The van der Waals surface area contributed by atoms with E-state index in [9.17, 15) is 29.0 Å². The number of likely N-dealkylation sites (tertiary alicyclic amines) is 1. The van der Waals surface area contributed by atoms with Crippen molar-refractivity contribution in [3.63, 3.8) is 0 Å². The van der Waals surface area contributed by atoms with E-state index >= 15 is 0 Å². The lowest BCUT2D eigenvalue weighted by atomic mass is 10.0. The summed E-state index contributed by atoms with van der Waals surface area (Å²) in [6, 6.07) is 12.9. The van der Waals surface area contributed by atoms with Crippen LogP contribution in [0.1, 0.15) is 24.0 Å². The summed E-state index contributed by atoms with van der Waals surface area (Å²) in [5.41, 5.74) is 1.03. The van der Waals surface area contributed by atoms with Gasteiger partial charge in [-0.05, 0) is 24.5 Å². The molecule has 158 valence electrons. The number of nitrogens with zero attached hydrogens (tertiary/aromatic N) is 1. The first-order valence-corrected chi connectivity index (χ1v) is 9.65. The number of halogens is 1. The first-order chi connectivity index (χ1) is 14.4. The molecule has 0 saturated carbocycles. The monoisotopic (exact) mass is 414 g/mol. The number of aliphatic carboxylic acids is 1. The van der Waals surface area contributed by atoms with E-state index in [-0.39, 0.29) is 37.3 Å². The minimum Gasteiger partial charge on any atom is -0.479 e. The second-order valence-corrected chi connectivity index (χ2v) is 7.26. The fraction of sp³-hybridized carbons (Fsp3) is 0.318. The van der Waals surface area contributed by atoms with Gasteiger partial charge < -0.3 is 20.4 Å². The molecule has 0 aromatic heterocycles. The van der Waals surface area contributed by atoms with Crippen LogP contribution >= 0.6 is 0 Å². The van der Waals surface area contributed by atoms with Crippen molar-refractivity contribution in [2.45, 2.75) is 44.0 Å². The Morgan fingerprint density at radius 2 is 1.80 bits per heavy atom. The maximum Gasteiger partial charge on any atom is 0.334 e. The van der Waals surface area contributed by atoms with E-state index in [1.54, 1.807) is 42.5 Å². The second kappa shape index (κ2) is 9.49. The lowest BCUT2D eigenvalue weighted by Gasteiger charge is -2.28. The maximum absolute atomic E-state index is 14.0. The number of hydrogen-bond acceptors (Lipinski definition) is 4. The van der Waals surface area contributed by atoms with Gasteiger partial charge in [-0.15, -0.1) is 0 Å². The van der Waals surface area contributed by atoms with Crippen LogP contribution in [0.25, 0.3) is 0 Å². The Bertz CT molecular complexity index is 921. The number of amides is 2. The zero-order valence-corrected chi connectivity index (χ0v) is 16.2. The van der Waals surface area contributed by atoms with Gasteiger partial charge in [0, 0.05) is 18.5 Å². The van der Waals surface area contributed by atoms with Gasteiger partial charge in [-0.3, -0.25) is 9.59 Å². The highest BCUT2D eigenvalue weighted by atomic mass is 19.1. The fourth-order valence-corrected chi connectivity index (χ4v) is 3.58. The highest BCUT2D eigenvalue weighted by Gasteiger charge is 2.38. The number of carboxylic acid groups (broad SMARTS) is 1. The molecule has 7 nitrogen and oxygen atoms in total. The van der Waals surface area contributed by atoms with Gasteiger partial charge in [-0.2, -0.15) is 0 Å². The molecular weight excluding hydrogens is 391 g/mol. The molecule has 2 amide bonds. The summed E-state index contributed by atoms with van der Waals surface area (Å²) >= 11 is 0. The first-order valence-electron chi connectivity index (χ1n) is 9.65. The van der Waals surface area contributed by atoms with E-state index in [4.69, 9.17) is 0 Å². The van der Waals surface area contributed by atoms with E-state index < -0.39 is 35.9 Å². The van der Waals surface area contributed by atoms with Crippen LogP contribution in [-0.2, 0) is 27.3 Å². The Labute approximate surface area is 173 Å². The number of aliphatic hydroxyl groups excluding tert-OH is 1. The lowest BCUT2D eigenvalue weighted by molar-refractivity contribution is -0.149. The van der Waals surface area contributed by atoms with E-state index in [1.807, 2.05) is 0 Å². The van der Waals surface area contributed by atoms with E-state index in [0.29, 0.717) is 0 Å². The largest absolute Gasteiger partial charge is 0.479 e. The molecule has 1 aliphatic heterocycles. The van der Waals surface area contributed by atoms with Crippen molar-refractivity contribution in [1.29, 1.82) is 0 Å². The van der Waals surface area contributed by atoms with Crippen molar-refractivity contribution in [3.05, 3.63) is 71.5 Å². The summed E-state index contributed by atoms with van der Waals surface area (Å²) in [5.74, 6) is -2.78. The third-order valence-electron chi connectivity index (χ3n) is 5.19. The smallest absolute Gasteiger partial charge is 0.334 e. The van der Waals surface area contributed by atoms with Crippen LogP contribution < -0.4 is 5.32 Å². The van der Waals surface area contributed by atoms with Gasteiger partial charge in [-0.1, -0.05) is 48.5 Å². The van der Waals surface area contributed by atoms with E-state index in [2.05, 4.69) is 5.32 Å². The summed E-state index contributed by atoms with van der Waals surface area (Å²) in [5, 5.41) is 21.9. The summed E-state index contributed by atoms with van der Waals surface area (Å²) in [7, 11) is 0. The molecule has 1 saturated heterocycles.